The van der Waals surface area contributed by atoms with Crippen LogP contribution in [-0.4, -0.2) is 73.5 Å². The maximum absolute atomic E-state index is 12.5. The van der Waals surface area contributed by atoms with Crippen LogP contribution in [0.2, 0.25) is 0 Å². The van der Waals surface area contributed by atoms with E-state index in [2.05, 4.69) is 5.32 Å². The van der Waals surface area contributed by atoms with Gasteiger partial charge in [-0.15, -0.1) is 0 Å². The molecule has 0 aromatic carbocycles. The predicted molar refractivity (Wildman–Crippen MR) is 97.6 cm³/mol. The maximum atomic E-state index is 12.5. The van der Waals surface area contributed by atoms with Crippen molar-refractivity contribution in [3.05, 3.63) is 0 Å². The molecule has 25 heavy (non-hydrogen) atoms. The molecule has 1 heterocycles. The van der Waals surface area contributed by atoms with E-state index in [9.17, 15) is 9.59 Å². The van der Waals surface area contributed by atoms with Gasteiger partial charge in [-0.3, -0.25) is 0 Å². The van der Waals surface area contributed by atoms with E-state index >= 15 is 0 Å². The van der Waals surface area contributed by atoms with Gasteiger partial charge in [-0.25, -0.2) is 9.59 Å². The minimum atomic E-state index is -0.510. The molecule has 3 amide bonds. The van der Waals surface area contributed by atoms with Crippen LogP contribution in [0.3, 0.4) is 0 Å². The first-order valence-electron chi connectivity index (χ1n) is 9.15. The zero-order valence-corrected chi connectivity index (χ0v) is 16.6. The average molecular weight is 357 g/mol. The molecule has 0 bridgehead atoms. The number of carbonyl (C=O) groups is 2. The second kappa shape index (κ2) is 9.85. The Kier molecular flexibility index (Phi) is 8.48. The van der Waals surface area contributed by atoms with Crippen molar-refractivity contribution < 1.29 is 19.1 Å². The van der Waals surface area contributed by atoms with E-state index < -0.39 is 5.60 Å². The molecule has 1 rings (SSSR count). The van der Waals surface area contributed by atoms with Crippen LogP contribution in [0.1, 0.15) is 47.5 Å². The molecule has 1 aliphatic rings. The van der Waals surface area contributed by atoms with Crippen LogP contribution < -0.4 is 5.32 Å². The quantitative estimate of drug-likeness (QED) is 0.742. The molecule has 1 saturated heterocycles. The lowest BCUT2D eigenvalue weighted by Crippen LogP contribution is -2.50. The molecule has 1 aliphatic heterocycles. The second-order valence-corrected chi connectivity index (χ2v) is 7.91. The van der Waals surface area contributed by atoms with E-state index in [4.69, 9.17) is 9.47 Å². The summed E-state index contributed by atoms with van der Waals surface area (Å²) in [7, 11) is 1.61. The molecule has 0 unspecified atom stereocenters. The highest BCUT2D eigenvalue weighted by atomic mass is 16.6. The minimum Gasteiger partial charge on any atom is -0.444 e. The molecular formula is C18H35N3O4. The number of nitrogens with one attached hydrogen (secondary N) is 1. The van der Waals surface area contributed by atoms with Gasteiger partial charge in [0.05, 0.1) is 6.61 Å². The lowest BCUT2D eigenvalue weighted by atomic mass is 9.97. The van der Waals surface area contributed by atoms with Crippen LogP contribution in [0.5, 0.6) is 0 Å². The first-order valence-corrected chi connectivity index (χ1v) is 9.15. The van der Waals surface area contributed by atoms with Gasteiger partial charge in [-0.05, 0) is 53.4 Å². The van der Waals surface area contributed by atoms with Crippen molar-refractivity contribution in [1.82, 2.24) is 15.1 Å². The van der Waals surface area contributed by atoms with Gasteiger partial charge in [0.15, 0.2) is 0 Å². The van der Waals surface area contributed by atoms with Gasteiger partial charge in [0.2, 0.25) is 0 Å². The summed E-state index contributed by atoms with van der Waals surface area (Å²) >= 11 is 0. The number of amides is 3. The van der Waals surface area contributed by atoms with Gasteiger partial charge in [0.1, 0.15) is 5.60 Å². The van der Waals surface area contributed by atoms with Crippen molar-refractivity contribution in [1.29, 1.82) is 0 Å². The Labute approximate surface area is 152 Å². The first kappa shape index (κ1) is 21.5. The molecule has 1 atom stereocenters. The molecule has 0 aliphatic carbocycles. The average Bonchev–Trinajstić information content (AvgIpc) is 2.51. The Morgan fingerprint density at radius 2 is 2.00 bits per heavy atom. The lowest BCUT2D eigenvalue weighted by molar-refractivity contribution is 0.0131. The second-order valence-electron chi connectivity index (χ2n) is 7.91. The third kappa shape index (κ3) is 7.94. The van der Waals surface area contributed by atoms with Gasteiger partial charge in [-0.1, -0.05) is 0 Å². The summed E-state index contributed by atoms with van der Waals surface area (Å²) in [6, 6.07) is -0.00382. The Morgan fingerprint density at radius 3 is 2.56 bits per heavy atom. The van der Waals surface area contributed by atoms with E-state index in [1.54, 1.807) is 12.0 Å². The van der Waals surface area contributed by atoms with Crippen molar-refractivity contribution in [2.75, 3.05) is 39.9 Å². The van der Waals surface area contributed by atoms with Crippen LogP contribution in [0, 0.1) is 5.92 Å². The lowest BCUT2D eigenvalue weighted by Gasteiger charge is -2.37. The third-order valence-corrected chi connectivity index (χ3v) is 4.09. The van der Waals surface area contributed by atoms with Crippen LogP contribution in [0.25, 0.3) is 0 Å². The molecule has 0 aromatic heterocycles. The normalized spacial score (nSPS) is 18.2. The number of nitrogens with zero attached hydrogens (tertiary/aromatic N) is 2. The predicted octanol–water partition coefficient (Wildman–Crippen LogP) is 2.70. The van der Waals surface area contributed by atoms with Crippen molar-refractivity contribution in [2.24, 2.45) is 5.92 Å². The molecule has 0 spiro atoms. The van der Waals surface area contributed by atoms with Crippen molar-refractivity contribution in [2.45, 2.75) is 59.1 Å². The smallest absolute Gasteiger partial charge is 0.410 e. The molecule has 0 aromatic rings. The van der Waals surface area contributed by atoms with Gasteiger partial charge < -0.3 is 24.6 Å². The largest absolute Gasteiger partial charge is 0.444 e. The first-order chi connectivity index (χ1) is 11.6. The SMILES string of the molecule is COCCNC(=O)N1CCC[C@@H](CN(C(=O)OC(C)(C)C)C(C)C)C1. The van der Waals surface area contributed by atoms with E-state index in [1.807, 2.05) is 39.5 Å². The fourth-order valence-corrected chi connectivity index (χ4v) is 2.87. The molecule has 0 saturated carbocycles. The summed E-state index contributed by atoms with van der Waals surface area (Å²) in [5.74, 6) is 0.261. The zero-order chi connectivity index (χ0) is 19.0. The number of piperidine rings is 1. The molecule has 1 N–H and O–H groups in total. The molecule has 1 fully saturated rings. The van der Waals surface area contributed by atoms with Gasteiger partial charge in [0, 0.05) is 39.3 Å². The number of hydrogen-bond donors (Lipinski definition) is 1. The van der Waals surface area contributed by atoms with Crippen LogP contribution >= 0.6 is 0 Å². The van der Waals surface area contributed by atoms with Gasteiger partial charge in [0.25, 0.3) is 0 Å². The van der Waals surface area contributed by atoms with Crippen LogP contribution in [0.4, 0.5) is 9.59 Å². The summed E-state index contributed by atoms with van der Waals surface area (Å²) < 4.78 is 10.5. The van der Waals surface area contributed by atoms with E-state index in [0.29, 0.717) is 26.2 Å². The fourth-order valence-electron chi connectivity index (χ4n) is 2.87. The monoisotopic (exact) mass is 357 g/mol. The Morgan fingerprint density at radius 1 is 1.32 bits per heavy atom. The molecule has 7 nitrogen and oxygen atoms in total. The highest BCUT2D eigenvalue weighted by molar-refractivity contribution is 5.74. The van der Waals surface area contributed by atoms with Crippen molar-refractivity contribution in [3.8, 4) is 0 Å². The van der Waals surface area contributed by atoms with Gasteiger partial charge in [-0.2, -0.15) is 0 Å². The summed E-state index contributed by atoms with van der Waals surface area (Å²) in [6.45, 7) is 12.6. The molecular weight excluding hydrogens is 322 g/mol. The van der Waals surface area contributed by atoms with E-state index in [0.717, 1.165) is 19.4 Å². The van der Waals surface area contributed by atoms with E-state index in [1.165, 1.54) is 0 Å². The van der Waals surface area contributed by atoms with Crippen molar-refractivity contribution >= 4 is 12.1 Å². The number of urea groups is 1. The Hall–Kier alpha value is -1.50. The van der Waals surface area contributed by atoms with Gasteiger partial charge >= 0.3 is 12.1 Å². The standard InChI is InChI=1S/C18H35N3O4/c1-14(2)21(17(23)25-18(3,4)5)13-15-8-7-10-20(12-15)16(22)19-9-11-24-6/h14-15H,7-13H2,1-6H3,(H,19,22)/t15-/m1/s1. The summed E-state index contributed by atoms with van der Waals surface area (Å²) in [6.07, 6.45) is 1.67. The maximum Gasteiger partial charge on any atom is 0.410 e. The highest BCUT2D eigenvalue weighted by Gasteiger charge is 2.30. The summed E-state index contributed by atoms with van der Waals surface area (Å²) in [4.78, 5) is 28.3. The topological polar surface area (TPSA) is 71.1 Å². The Bertz CT molecular complexity index is 435. The number of rotatable bonds is 6. The van der Waals surface area contributed by atoms with Crippen LogP contribution in [0.15, 0.2) is 0 Å². The highest BCUT2D eigenvalue weighted by Crippen LogP contribution is 2.20. The number of methoxy groups -OCH3 is 1. The Balaban J connectivity index is 2.60. The fraction of sp³-hybridized carbons (Fsp3) is 0.889. The minimum absolute atomic E-state index is 0.0563. The number of ether oxygens (including phenoxy) is 2. The summed E-state index contributed by atoms with van der Waals surface area (Å²) in [5.41, 5.74) is -0.510. The van der Waals surface area contributed by atoms with E-state index in [-0.39, 0.29) is 24.1 Å². The number of carbonyl (C=O) groups excluding carboxylic acids is 2. The molecule has 0 radical (unpaired) electrons. The molecule has 146 valence electrons. The van der Waals surface area contributed by atoms with Crippen LogP contribution in [-0.2, 0) is 9.47 Å². The number of hydrogen-bond acceptors (Lipinski definition) is 4. The summed E-state index contributed by atoms with van der Waals surface area (Å²) in [5, 5.41) is 2.86. The molecule has 7 heteroatoms. The zero-order valence-electron chi connectivity index (χ0n) is 16.6. The number of likely N-dealkylation sites (tertiary alicyclic amines) is 1. The third-order valence-electron chi connectivity index (χ3n) is 4.09. The van der Waals surface area contributed by atoms with Crippen molar-refractivity contribution in [3.63, 3.8) is 0 Å².